The topological polar surface area (TPSA) is 35.8 Å². The van der Waals surface area contributed by atoms with Crippen LogP contribution in [0.2, 0.25) is 5.02 Å². The number of nitriles is 1. The summed E-state index contributed by atoms with van der Waals surface area (Å²) in [5.41, 5.74) is 1.18. The summed E-state index contributed by atoms with van der Waals surface area (Å²) in [4.78, 5) is 0. The molecular weight excluding hydrogens is 232 g/mol. The van der Waals surface area contributed by atoms with Crippen LogP contribution in [-0.2, 0) is 0 Å². The van der Waals surface area contributed by atoms with Crippen LogP contribution in [0.25, 0.3) is 0 Å². The lowest BCUT2D eigenvalue weighted by atomic mass is 10.0. The van der Waals surface area contributed by atoms with Gasteiger partial charge in [0.05, 0.1) is 12.0 Å². The normalized spacial score (nSPS) is 25.5. The van der Waals surface area contributed by atoms with Crippen molar-refractivity contribution in [3.05, 3.63) is 34.9 Å². The second-order valence-corrected chi connectivity index (χ2v) is 5.15. The molecule has 1 aliphatic rings. The second kappa shape index (κ2) is 5.53. The van der Waals surface area contributed by atoms with E-state index in [4.69, 9.17) is 16.9 Å². The van der Waals surface area contributed by atoms with E-state index in [0.29, 0.717) is 6.04 Å². The monoisotopic (exact) mass is 248 g/mol. The highest BCUT2D eigenvalue weighted by Gasteiger charge is 2.28. The van der Waals surface area contributed by atoms with Crippen LogP contribution in [0.4, 0.5) is 0 Å². The van der Waals surface area contributed by atoms with Crippen molar-refractivity contribution in [2.75, 3.05) is 0 Å². The van der Waals surface area contributed by atoms with Crippen molar-refractivity contribution >= 4 is 11.6 Å². The average Bonchev–Trinajstić information content (AvgIpc) is 2.76. The molecule has 3 atom stereocenters. The summed E-state index contributed by atoms with van der Waals surface area (Å²) < 4.78 is 0. The Bertz CT molecular complexity index is 424. The van der Waals surface area contributed by atoms with Gasteiger partial charge in [-0.3, -0.25) is 0 Å². The zero-order chi connectivity index (χ0) is 12.3. The largest absolute Gasteiger partial charge is 0.306 e. The van der Waals surface area contributed by atoms with Crippen LogP contribution in [-0.4, -0.2) is 6.04 Å². The van der Waals surface area contributed by atoms with Crippen molar-refractivity contribution in [3.63, 3.8) is 0 Å². The van der Waals surface area contributed by atoms with Gasteiger partial charge < -0.3 is 5.32 Å². The minimum Gasteiger partial charge on any atom is -0.306 e. The molecule has 1 saturated carbocycles. The van der Waals surface area contributed by atoms with Crippen LogP contribution >= 0.6 is 11.6 Å². The van der Waals surface area contributed by atoms with Crippen molar-refractivity contribution in [1.82, 2.24) is 5.32 Å². The van der Waals surface area contributed by atoms with Gasteiger partial charge in [-0.15, -0.1) is 0 Å². The summed E-state index contributed by atoms with van der Waals surface area (Å²) in [6, 6.07) is 10.9. The first-order valence-electron chi connectivity index (χ1n) is 6.12. The Kier molecular flexibility index (Phi) is 4.04. The Morgan fingerprint density at radius 1 is 1.47 bits per heavy atom. The van der Waals surface area contributed by atoms with E-state index in [1.54, 1.807) is 0 Å². The van der Waals surface area contributed by atoms with Gasteiger partial charge in [0.1, 0.15) is 0 Å². The smallest absolute Gasteiger partial charge is 0.0672 e. The summed E-state index contributed by atoms with van der Waals surface area (Å²) in [5, 5.41) is 13.4. The van der Waals surface area contributed by atoms with Crippen molar-refractivity contribution < 1.29 is 0 Å². The van der Waals surface area contributed by atoms with Crippen LogP contribution < -0.4 is 5.32 Å². The van der Waals surface area contributed by atoms with E-state index in [0.717, 1.165) is 24.3 Å². The molecular formula is C14H17ClN2. The first-order chi connectivity index (χ1) is 8.20. The zero-order valence-corrected chi connectivity index (χ0v) is 10.7. The summed E-state index contributed by atoms with van der Waals surface area (Å²) in [6.45, 7) is 2.12. The predicted octanol–water partition coefficient (Wildman–Crippen LogP) is 3.68. The van der Waals surface area contributed by atoms with E-state index in [2.05, 4.69) is 24.4 Å². The Labute approximate surface area is 108 Å². The van der Waals surface area contributed by atoms with Crippen molar-refractivity contribution in [3.8, 4) is 6.07 Å². The first-order valence-corrected chi connectivity index (χ1v) is 6.49. The van der Waals surface area contributed by atoms with Gasteiger partial charge in [-0.05, 0) is 37.5 Å². The quantitative estimate of drug-likeness (QED) is 0.886. The minimum atomic E-state index is 0.164. The molecule has 0 radical (unpaired) electrons. The predicted molar refractivity (Wildman–Crippen MR) is 69.7 cm³/mol. The third kappa shape index (κ3) is 3.00. The van der Waals surface area contributed by atoms with Crippen molar-refractivity contribution in [2.45, 2.75) is 38.3 Å². The van der Waals surface area contributed by atoms with Crippen LogP contribution in [0.1, 0.15) is 37.8 Å². The number of hydrogen-bond acceptors (Lipinski definition) is 2. The molecule has 0 spiro atoms. The van der Waals surface area contributed by atoms with Gasteiger partial charge in [-0.1, -0.05) is 30.2 Å². The summed E-state index contributed by atoms with van der Waals surface area (Å²) in [5.74, 6) is 0.164. The maximum Gasteiger partial charge on any atom is 0.0672 e. The van der Waals surface area contributed by atoms with Gasteiger partial charge in [0.25, 0.3) is 0 Å². The van der Waals surface area contributed by atoms with E-state index in [1.807, 2.05) is 18.2 Å². The summed E-state index contributed by atoms with van der Waals surface area (Å²) in [7, 11) is 0. The molecule has 1 fully saturated rings. The highest BCUT2D eigenvalue weighted by molar-refractivity contribution is 6.30. The van der Waals surface area contributed by atoms with Gasteiger partial charge >= 0.3 is 0 Å². The van der Waals surface area contributed by atoms with Gasteiger partial charge in [-0.25, -0.2) is 0 Å². The Balaban J connectivity index is 2.02. The minimum absolute atomic E-state index is 0.164. The zero-order valence-electron chi connectivity index (χ0n) is 9.99. The molecule has 17 heavy (non-hydrogen) atoms. The molecule has 0 bridgehead atoms. The van der Waals surface area contributed by atoms with Gasteiger partial charge in [-0.2, -0.15) is 5.26 Å². The molecule has 3 heteroatoms. The second-order valence-electron chi connectivity index (χ2n) is 4.72. The highest BCUT2D eigenvalue weighted by Crippen LogP contribution is 2.27. The molecule has 0 saturated heterocycles. The molecule has 90 valence electrons. The number of benzene rings is 1. The third-order valence-electron chi connectivity index (χ3n) is 3.49. The Morgan fingerprint density at radius 2 is 2.29 bits per heavy atom. The summed E-state index contributed by atoms with van der Waals surface area (Å²) >= 11 is 5.98. The van der Waals surface area contributed by atoms with E-state index in [1.165, 1.54) is 5.56 Å². The van der Waals surface area contributed by atoms with Crippen molar-refractivity contribution in [2.24, 2.45) is 5.92 Å². The average molecular weight is 249 g/mol. The number of hydrogen-bond donors (Lipinski definition) is 1. The maximum atomic E-state index is 9.05. The molecule has 1 aromatic rings. The molecule has 1 aliphatic carbocycles. The van der Waals surface area contributed by atoms with E-state index in [9.17, 15) is 0 Å². The first kappa shape index (κ1) is 12.4. The highest BCUT2D eigenvalue weighted by atomic mass is 35.5. The maximum absolute atomic E-state index is 9.05. The summed E-state index contributed by atoms with van der Waals surface area (Å²) in [6.07, 6.45) is 3.28. The fraction of sp³-hybridized carbons (Fsp3) is 0.500. The van der Waals surface area contributed by atoms with Crippen LogP contribution in [0.3, 0.4) is 0 Å². The molecule has 2 nitrogen and oxygen atoms in total. The molecule has 0 aliphatic heterocycles. The van der Waals surface area contributed by atoms with Crippen molar-refractivity contribution in [1.29, 1.82) is 5.26 Å². The number of halogens is 1. The molecule has 0 amide bonds. The lowest BCUT2D eigenvalue weighted by molar-refractivity contribution is 0.417. The lowest BCUT2D eigenvalue weighted by Crippen LogP contribution is -2.33. The molecule has 2 rings (SSSR count). The SMILES string of the molecule is C[C@H](NC1CCCC1C#N)c1cccc(Cl)c1. The fourth-order valence-electron chi connectivity index (χ4n) is 2.51. The molecule has 2 unspecified atom stereocenters. The molecule has 1 N–H and O–H groups in total. The van der Waals surface area contributed by atoms with Gasteiger partial charge in [0.15, 0.2) is 0 Å². The third-order valence-corrected chi connectivity index (χ3v) is 3.73. The molecule has 0 aromatic heterocycles. The van der Waals surface area contributed by atoms with E-state index >= 15 is 0 Å². The van der Waals surface area contributed by atoms with E-state index < -0.39 is 0 Å². The Morgan fingerprint density at radius 3 is 3.00 bits per heavy atom. The molecule has 0 heterocycles. The Hall–Kier alpha value is -1.04. The lowest BCUT2D eigenvalue weighted by Gasteiger charge is -2.22. The van der Waals surface area contributed by atoms with Gasteiger partial charge in [0.2, 0.25) is 0 Å². The number of rotatable bonds is 3. The molecule has 1 aromatic carbocycles. The number of nitrogens with zero attached hydrogens (tertiary/aromatic N) is 1. The standard InChI is InChI=1S/C14H17ClN2/c1-10(11-4-2-6-13(15)8-11)17-14-7-3-5-12(14)9-16/h2,4,6,8,10,12,14,17H,3,5,7H2,1H3/t10-,12?,14?/m0/s1. The van der Waals surface area contributed by atoms with Crippen LogP contribution in [0, 0.1) is 17.2 Å². The van der Waals surface area contributed by atoms with Crippen LogP contribution in [0.5, 0.6) is 0 Å². The van der Waals surface area contributed by atoms with E-state index in [-0.39, 0.29) is 12.0 Å². The van der Waals surface area contributed by atoms with Gasteiger partial charge in [0, 0.05) is 17.1 Å². The number of nitrogens with one attached hydrogen (secondary N) is 1. The van der Waals surface area contributed by atoms with Crippen LogP contribution in [0.15, 0.2) is 24.3 Å². The fourth-order valence-corrected chi connectivity index (χ4v) is 2.71.